The van der Waals surface area contributed by atoms with E-state index < -0.39 is 0 Å². The van der Waals surface area contributed by atoms with E-state index in [1.54, 1.807) is 12.1 Å². The normalized spacial score (nSPS) is 9.44. The quantitative estimate of drug-likeness (QED) is 0.723. The highest BCUT2D eigenvalue weighted by molar-refractivity contribution is 5.92. The maximum Gasteiger partial charge on any atom is 0.269 e. The van der Waals surface area contributed by atoms with Crippen molar-refractivity contribution >= 4 is 11.6 Å². The number of nitrogens with zero attached hydrogens (tertiary/aromatic N) is 2. The van der Waals surface area contributed by atoms with Gasteiger partial charge in [-0.2, -0.15) is 5.26 Å². The van der Waals surface area contributed by atoms with E-state index in [4.69, 9.17) is 11.0 Å². The van der Waals surface area contributed by atoms with Crippen LogP contribution in [0.1, 0.15) is 29.8 Å². The minimum Gasteiger partial charge on any atom is -0.397 e. The van der Waals surface area contributed by atoms with Gasteiger partial charge in [-0.25, -0.2) is 4.98 Å². The molecule has 0 unspecified atom stereocenters. The fourth-order valence-electron chi connectivity index (χ4n) is 1.16. The SMILES string of the molecule is N#CCCCCNC(=O)c1ccc(N)cn1. The molecule has 1 amide bonds. The largest absolute Gasteiger partial charge is 0.397 e. The predicted octanol–water partition coefficient (Wildman–Crippen LogP) is 1.09. The highest BCUT2D eigenvalue weighted by atomic mass is 16.1. The summed E-state index contributed by atoms with van der Waals surface area (Å²) in [5, 5.41) is 11.0. The summed E-state index contributed by atoms with van der Waals surface area (Å²) in [6.45, 7) is 0.562. The van der Waals surface area contributed by atoms with Gasteiger partial charge >= 0.3 is 0 Å². The summed E-state index contributed by atoms with van der Waals surface area (Å²) in [5.41, 5.74) is 6.35. The van der Waals surface area contributed by atoms with Gasteiger partial charge in [0.2, 0.25) is 0 Å². The standard InChI is InChI=1S/C11H14N4O/c12-6-2-1-3-7-14-11(16)10-5-4-9(13)8-15-10/h4-5,8H,1-3,7,13H2,(H,14,16). The van der Waals surface area contributed by atoms with Crippen LogP contribution in [0.4, 0.5) is 5.69 Å². The van der Waals surface area contributed by atoms with Crippen molar-refractivity contribution in [2.75, 3.05) is 12.3 Å². The zero-order chi connectivity index (χ0) is 11.8. The average molecular weight is 218 g/mol. The van der Waals surface area contributed by atoms with Gasteiger partial charge in [-0.05, 0) is 25.0 Å². The lowest BCUT2D eigenvalue weighted by atomic mass is 10.2. The van der Waals surface area contributed by atoms with Gasteiger partial charge < -0.3 is 11.1 Å². The molecule has 0 aliphatic rings. The zero-order valence-corrected chi connectivity index (χ0v) is 8.94. The van der Waals surface area contributed by atoms with Crippen molar-refractivity contribution in [1.29, 1.82) is 5.26 Å². The van der Waals surface area contributed by atoms with E-state index in [9.17, 15) is 4.79 Å². The van der Waals surface area contributed by atoms with Crippen LogP contribution in [0.5, 0.6) is 0 Å². The number of amides is 1. The number of pyridine rings is 1. The lowest BCUT2D eigenvalue weighted by molar-refractivity contribution is 0.0948. The molecule has 1 aromatic rings. The predicted molar refractivity (Wildman–Crippen MR) is 60.4 cm³/mol. The van der Waals surface area contributed by atoms with Crippen molar-refractivity contribution in [2.45, 2.75) is 19.3 Å². The van der Waals surface area contributed by atoms with Gasteiger partial charge in [0.1, 0.15) is 5.69 Å². The molecule has 0 aromatic carbocycles. The van der Waals surface area contributed by atoms with Crippen molar-refractivity contribution in [3.05, 3.63) is 24.0 Å². The molecule has 16 heavy (non-hydrogen) atoms. The lowest BCUT2D eigenvalue weighted by Crippen LogP contribution is -2.25. The second-order valence-corrected chi connectivity index (χ2v) is 3.35. The average Bonchev–Trinajstić information content (AvgIpc) is 2.29. The van der Waals surface area contributed by atoms with E-state index in [-0.39, 0.29) is 5.91 Å². The number of carbonyl (C=O) groups excluding carboxylic acids is 1. The number of carbonyl (C=O) groups is 1. The first-order valence-corrected chi connectivity index (χ1v) is 5.10. The summed E-state index contributed by atoms with van der Waals surface area (Å²) in [7, 11) is 0. The second-order valence-electron chi connectivity index (χ2n) is 3.35. The Morgan fingerprint density at radius 1 is 1.50 bits per heavy atom. The molecule has 0 aliphatic carbocycles. The fourth-order valence-corrected chi connectivity index (χ4v) is 1.16. The monoisotopic (exact) mass is 218 g/mol. The number of nitrogens with two attached hydrogens (primary N) is 1. The number of nitriles is 1. The second kappa shape index (κ2) is 6.40. The summed E-state index contributed by atoms with van der Waals surface area (Å²) in [6.07, 6.45) is 3.57. The van der Waals surface area contributed by atoms with Gasteiger partial charge in [0.05, 0.1) is 18.0 Å². The van der Waals surface area contributed by atoms with Crippen LogP contribution in [0, 0.1) is 11.3 Å². The van der Waals surface area contributed by atoms with E-state index in [0.717, 1.165) is 12.8 Å². The van der Waals surface area contributed by atoms with E-state index in [2.05, 4.69) is 16.4 Å². The Balaban J connectivity index is 2.30. The van der Waals surface area contributed by atoms with Crippen LogP contribution in [0.25, 0.3) is 0 Å². The van der Waals surface area contributed by atoms with E-state index in [1.165, 1.54) is 6.20 Å². The minimum atomic E-state index is -0.211. The van der Waals surface area contributed by atoms with Crippen molar-refractivity contribution < 1.29 is 4.79 Å². The number of hydrogen-bond acceptors (Lipinski definition) is 4. The smallest absolute Gasteiger partial charge is 0.269 e. The fraction of sp³-hybridized carbons (Fsp3) is 0.364. The molecule has 0 saturated carbocycles. The van der Waals surface area contributed by atoms with Crippen LogP contribution in [-0.2, 0) is 0 Å². The number of anilines is 1. The summed E-state index contributed by atoms with van der Waals surface area (Å²) >= 11 is 0. The number of nitrogens with one attached hydrogen (secondary N) is 1. The van der Waals surface area contributed by atoms with Gasteiger partial charge in [0.15, 0.2) is 0 Å². The molecule has 5 nitrogen and oxygen atoms in total. The van der Waals surface area contributed by atoms with Crippen LogP contribution < -0.4 is 11.1 Å². The van der Waals surface area contributed by atoms with Gasteiger partial charge in [-0.15, -0.1) is 0 Å². The van der Waals surface area contributed by atoms with Gasteiger partial charge in [-0.3, -0.25) is 4.79 Å². The molecule has 84 valence electrons. The number of rotatable bonds is 5. The zero-order valence-electron chi connectivity index (χ0n) is 8.94. The lowest BCUT2D eigenvalue weighted by Gasteiger charge is -2.03. The molecule has 0 spiro atoms. The van der Waals surface area contributed by atoms with Crippen LogP contribution in [0.3, 0.4) is 0 Å². The summed E-state index contributed by atoms with van der Waals surface area (Å²) in [5.74, 6) is -0.211. The Labute approximate surface area is 94.3 Å². The molecule has 1 aromatic heterocycles. The Morgan fingerprint density at radius 3 is 2.94 bits per heavy atom. The van der Waals surface area contributed by atoms with Crippen LogP contribution in [0.15, 0.2) is 18.3 Å². The third kappa shape index (κ3) is 3.96. The van der Waals surface area contributed by atoms with Gasteiger partial charge in [0, 0.05) is 13.0 Å². The first kappa shape index (κ1) is 12.0. The summed E-state index contributed by atoms with van der Waals surface area (Å²) in [6, 6.07) is 5.27. The van der Waals surface area contributed by atoms with Crippen molar-refractivity contribution in [2.24, 2.45) is 0 Å². The number of unbranched alkanes of at least 4 members (excludes halogenated alkanes) is 2. The van der Waals surface area contributed by atoms with Crippen LogP contribution in [-0.4, -0.2) is 17.4 Å². The number of nitrogen functional groups attached to an aromatic ring is 1. The molecule has 0 atom stereocenters. The molecule has 3 N–H and O–H groups in total. The molecule has 1 rings (SSSR count). The Morgan fingerprint density at radius 2 is 2.31 bits per heavy atom. The molecule has 5 heteroatoms. The number of aromatic nitrogens is 1. The minimum absolute atomic E-state index is 0.211. The maximum atomic E-state index is 11.5. The molecular weight excluding hydrogens is 204 g/mol. The van der Waals surface area contributed by atoms with E-state index in [1.807, 2.05) is 0 Å². The topological polar surface area (TPSA) is 91.8 Å². The Bertz CT molecular complexity index is 380. The van der Waals surface area contributed by atoms with E-state index in [0.29, 0.717) is 24.3 Å². The third-order valence-corrected chi connectivity index (χ3v) is 2.02. The highest BCUT2D eigenvalue weighted by Gasteiger charge is 2.04. The highest BCUT2D eigenvalue weighted by Crippen LogP contribution is 2.01. The van der Waals surface area contributed by atoms with Crippen molar-refractivity contribution in [3.8, 4) is 6.07 Å². The molecule has 0 saturated heterocycles. The maximum absolute atomic E-state index is 11.5. The molecule has 0 bridgehead atoms. The Hall–Kier alpha value is -2.09. The number of hydrogen-bond donors (Lipinski definition) is 2. The Kier molecular flexibility index (Phi) is 4.80. The van der Waals surface area contributed by atoms with Gasteiger partial charge in [0.25, 0.3) is 5.91 Å². The summed E-state index contributed by atoms with van der Waals surface area (Å²) in [4.78, 5) is 15.4. The molecule has 0 radical (unpaired) electrons. The van der Waals surface area contributed by atoms with Crippen molar-refractivity contribution in [1.82, 2.24) is 10.3 Å². The third-order valence-electron chi connectivity index (χ3n) is 2.02. The van der Waals surface area contributed by atoms with E-state index >= 15 is 0 Å². The summed E-state index contributed by atoms with van der Waals surface area (Å²) < 4.78 is 0. The molecule has 0 aliphatic heterocycles. The molecule has 0 fully saturated rings. The first-order chi connectivity index (χ1) is 7.74. The van der Waals surface area contributed by atoms with Gasteiger partial charge in [-0.1, -0.05) is 0 Å². The first-order valence-electron chi connectivity index (χ1n) is 5.10. The van der Waals surface area contributed by atoms with Crippen LogP contribution in [0.2, 0.25) is 0 Å². The molecule has 1 heterocycles. The van der Waals surface area contributed by atoms with Crippen LogP contribution >= 0.6 is 0 Å². The molecular formula is C11H14N4O. The van der Waals surface area contributed by atoms with Crippen molar-refractivity contribution in [3.63, 3.8) is 0 Å².